The van der Waals surface area contributed by atoms with E-state index in [-0.39, 0.29) is 24.5 Å². The van der Waals surface area contributed by atoms with E-state index >= 15 is 0 Å². The molecule has 2 rings (SSSR count). The number of aliphatic hydroxyl groups excluding tert-OH is 1. The maximum Gasteiger partial charge on any atom is 0.343 e. The lowest BCUT2D eigenvalue weighted by atomic mass is 10.1. The Morgan fingerprint density at radius 1 is 1.37 bits per heavy atom. The minimum Gasteiger partial charge on any atom is -0.395 e. The molecule has 0 radical (unpaired) electrons. The van der Waals surface area contributed by atoms with Gasteiger partial charge in [-0.3, -0.25) is 14.7 Å². The maximum absolute atomic E-state index is 11.4. The Morgan fingerprint density at radius 3 is 2.63 bits per heavy atom. The fourth-order valence-corrected chi connectivity index (χ4v) is 1.73. The van der Waals surface area contributed by atoms with Crippen LogP contribution in [0.15, 0.2) is 29.1 Å². The summed E-state index contributed by atoms with van der Waals surface area (Å²) in [5.41, 5.74) is 0.424. The van der Waals surface area contributed by atoms with Crippen molar-refractivity contribution in [1.29, 1.82) is 0 Å². The zero-order valence-corrected chi connectivity index (χ0v) is 9.94. The number of non-ortho nitro benzene ring substituents is 1. The molecule has 0 unspecified atom stereocenters. The first-order chi connectivity index (χ1) is 9.11. The molecule has 0 saturated heterocycles. The predicted octanol–water partition coefficient (Wildman–Crippen LogP) is 0.0627. The van der Waals surface area contributed by atoms with Crippen molar-refractivity contribution < 1.29 is 10.0 Å². The van der Waals surface area contributed by atoms with Crippen LogP contribution < -0.4 is 5.69 Å². The van der Waals surface area contributed by atoms with E-state index in [1.165, 1.54) is 16.7 Å². The van der Waals surface area contributed by atoms with E-state index in [9.17, 15) is 14.9 Å². The van der Waals surface area contributed by atoms with Gasteiger partial charge in [-0.15, -0.1) is 0 Å². The Balaban J connectivity index is 2.21. The number of H-pyrrole nitrogens is 1. The van der Waals surface area contributed by atoms with Gasteiger partial charge in [-0.1, -0.05) is 12.1 Å². The molecule has 1 heterocycles. The number of nitrogens with zero attached hydrogens (tertiary/aromatic N) is 3. The van der Waals surface area contributed by atoms with Crippen LogP contribution in [0.5, 0.6) is 0 Å². The van der Waals surface area contributed by atoms with Crippen LogP contribution in [0.1, 0.15) is 11.4 Å². The number of aromatic nitrogens is 3. The van der Waals surface area contributed by atoms with Crippen molar-refractivity contribution in [2.75, 3.05) is 6.61 Å². The van der Waals surface area contributed by atoms with Gasteiger partial charge in [-0.2, -0.15) is 5.10 Å². The van der Waals surface area contributed by atoms with Crippen molar-refractivity contribution in [3.8, 4) is 0 Å². The van der Waals surface area contributed by atoms with Crippen LogP contribution in [0, 0.1) is 10.1 Å². The third-order valence-electron chi connectivity index (χ3n) is 2.67. The molecular weight excluding hydrogens is 252 g/mol. The molecule has 0 aliphatic heterocycles. The Kier molecular flexibility index (Phi) is 3.71. The molecule has 100 valence electrons. The van der Waals surface area contributed by atoms with Crippen LogP contribution >= 0.6 is 0 Å². The van der Waals surface area contributed by atoms with E-state index in [0.29, 0.717) is 12.2 Å². The molecule has 0 amide bonds. The molecule has 0 bridgehead atoms. The van der Waals surface area contributed by atoms with Gasteiger partial charge in [0.1, 0.15) is 5.82 Å². The van der Waals surface area contributed by atoms with Crippen LogP contribution in [0.25, 0.3) is 0 Å². The Hall–Kier alpha value is -2.48. The highest BCUT2D eigenvalue weighted by Gasteiger charge is 2.10. The molecule has 1 aromatic heterocycles. The number of nitro benzene ring substituents is 1. The van der Waals surface area contributed by atoms with Crippen LogP contribution in [-0.2, 0) is 13.0 Å². The van der Waals surface area contributed by atoms with Crippen LogP contribution in [0.2, 0.25) is 0 Å². The lowest BCUT2D eigenvalue weighted by Crippen LogP contribution is -2.20. The summed E-state index contributed by atoms with van der Waals surface area (Å²) in [6.45, 7) is 0.00431. The normalized spacial score (nSPS) is 10.6. The van der Waals surface area contributed by atoms with E-state index < -0.39 is 4.92 Å². The van der Waals surface area contributed by atoms with Crippen molar-refractivity contribution in [1.82, 2.24) is 14.8 Å². The summed E-state index contributed by atoms with van der Waals surface area (Å²) in [4.78, 5) is 21.5. The molecule has 2 N–H and O–H groups in total. The fourth-order valence-electron chi connectivity index (χ4n) is 1.73. The van der Waals surface area contributed by atoms with Gasteiger partial charge in [0.05, 0.1) is 18.1 Å². The molecule has 0 spiro atoms. The van der Waals surface area contributed by atoms with Gasteiger partial charge in [0.2, 0.25) is 0 Å². The van der Waals surface area contributed by atoms with Gasteiger partial charge >= 0.3 is 5.69 Å². The monoisotopic (exact) mass is 264 g/mol. The first kappa shape index (κ1) is 13.0. The van der Waals surface area contributed by atoms with Crippen LogP contribution in [0.3, 0.4) is 0 Å². The standard InChI is InChI=1S/C11H12N4O4/c16-6-5-14-10(12-13-11(14)17)7-8-1-3-9(4-2-8)15(18)19/h1-4,16H,5-7H2,(H,13,17). The van der Waals surface area contributed by atoms with E-state index in [0.717, 1.165) is 5.56 Å². The minimum absolute atomic E-state index is 0.0125. The molecule has 1 aromatic carbocycles. The number of aliphatic hydroxyl groups is 1. The van der Waals surface area contributed by atoms with Crippen molar-refractivity contribution in [3.05, 3.63) is 56.3 Å². The summed E-state index contributed by atoms with van der Waals surface area (Å²) < 4.78 is 1.33. The van der Waals surface area contributed by atoms with Crippen LogP contribution in [-0.4, -0.2) is 31.4 Å². The van der Waals surface area contributed by atoms with Crippen molar-refractivity contribution in [3.63, 3.8) is 0 Å². The third kappa shape index (κ3) is 2.86. The molecule has 0 aliphatic rings. The number of aromatic amines is 1. The highest BCUT2D eigenvalue weighted by atomic mass is 16.6. The molecule has 8 heteroatoms. The first-order valence-corrected chi connectivity index (χ1v) is 5.60. The molecule has 19 heavy (non-hydrogen) atoms. The Labute approximate surface area is 107 Å². The summed E-state index contributed by atoms with van der Waals surface area (Å²) in [6, 6.07) is 6.02. The van der Waals surface area contributed by atoms with Gasteiger partial charge in [0, 0.05) is 18.6 Å². The topological polar surface area (TPSA) is 114 Å². The summed E-state index contributed by atoms with van der Waals surface area (Å²) in [6.07, 6.45) is 0.358. The average molecular weight is 264 g/mol. The molecule has 2 aromatic rings. The number of rotatable bonds is 5. The molecule has 0 saturated carbocycles. The minimum atomic E-state index is -0.472. The third-order valence-corrected chi connectivity index (χ3v) is 2.67. The number of benzene rings is 1. The highest BCUT2D eigenvalue weighted by molar-refractivity contribution is 5.33. The first-order valence-electron chi connectivity index (χ1n) is 5.60. The summed E-state index contributed by atoms with van der Waals surface area (Å²) in [5, 5.41) is 25.6. The lowest BCUT2D eigenvalue weighted by molar-refractivity contribution is -0.384. The number of hydrogen-bond acceptors (Lipinski definition) is 5. The fraction of sp³-hybridized carbons (Fsp3) is 0.273. The molecule has 0 fully saturated rings. The van der Waals surface area contributed by atoms with Gasteiger partial charge in [0.25, 0.3) is 5.69 Å². The SMILES string of the molecule is O=c1[nH]nc(Cc2ccc([N+](=O)[O-])cc2)n1CCO. The molecule has 0 aliphatic carbocycles. The summed E-state index contributed by atoms with van der Waals surface area (Å²) in [7, 11) is 0. The smallest absolute Gasteiger partial charge is 0.343 e. The van der Waals surface area contributed by atoms with Gasteiger partial charge in [0.15, 0.2) is 0 Å². The Bertz CT molecular complexity index is 629. The Morgan fingerprint density at radius 2 is 2.05 bits per heavy atom. The van der Waals surface area contributed by atoms with E-state index in [1.54, 1.807) is 12.1 Å². The second-order valence-corrected chi connectivity index (χ2v) is 3.92. The van der Waals surface area contributed by atoms with E-state index in [4.69, 9.17) is 5.11 Å². The molecule has 8 nitrogen and oxygen atoms in total. The van der Waals surface area contributed by atoms with E-state index in [1.807, 2.05) is 0 Å². The second kappa shape index (κ2) is 5.44. The van der Waals surface area contributed by atoms with Crippen molar-refractivity contribution in [2.24, 2.45) is 0 Å². The second-order valence-electron chi connectivity index (χ2n) is 3.92. The summed E-state index contributed by atoms with van der Waals surface area (Å²) in [5.74, 6) is 0.480. The zero-order chi connectivity index (χ0) is 13.8. The van der Waals surface area contributed by atoms with Gasteiger partial charge in [-0.05, 0) is 5.56 Å². The highest BCUT2D eigenvalue weighted by Crippen LogP contribution is 2.13. The van der Waals surface area contributed by atoms with Gasteiger partial charge in [-0.25, -0.2) is 9.89 Å². The maximum atomic E-state index is 11.4. The summed E-state index contributed by atoms with van der Waals surface area (Å²) >= 11 is 0. The van der Waals surface area contributed by atoms with Crippen LogP contribution in [0.4, 0.5) is 5.69 Å². The number of nitro groups is 1. The molecular formula is C11H12N4O4. The molecule has 0 atom stereocenters. The van der Waals surface area contributed by atoms with Crippen molar-refractivity contribution in [2.45, 2.75) is 13.0 Å². The average Bonchev–Trinajstić information content (AvgIpc) is 2.73. The predicted molar refractivity (Wildman–Crippen MR) is 65.8 cm³/mol. The van der Waals surface area contributed by atoms with Crippen molar-refractivity contribution >= 4 is 5.69 Å². The quantitative estimate of drug-likeness (QED) is 0.585. The number of nitrogens with one attached hydrogen (secondary N) is 1. The zero-order valence-electron chi connectivity index (χ0n) is 9.94. The number of hydrogen-bond donors (Lipinski definition) is 2. The lowest BCUT2D eigenvalue weighted by Gasteiger charge is -2.03. The largest absolute Gasteiger partial charge is 0.395 e. The van der Waals surface area contributed by atoms with Gasteiger partial charge < -0.3 is 5.11 Å². The van der Waals surface area contributed by atoms with E-state index in [2.05, 4.69) is 10.2 Å².